The van der Waals surface area contributed by atoms with E-state index in [1.54, 1.807) is 6.20 Å². The van der Waals surface area contributed by atoms with Crippen LogP contribution < -0.4 is 5.73 Å². The number of aryl methyl sites for hydroxylation is 1. The van der Waals surface area contributed by atoms with Crippen LogP contribution in [-0.2, 0) is 6.42 Å². The monoisotopic (exact) mass is 232 g/mol. The molecular weight excluding hydrogens is 216 g/mol. The minimum atomic E-state index is -0.958. The molecule has 0 aliphatic carbocycles. The van der Waals surface area contributed by atoms with Gasteiger partial charge in [-0.1, -0.05) is 18.2 Å². The standard InChI is InChI=1S/C13H16N2O2/c1-8-4-3-5-11-10(6-9(2)14)7-15(12(8)11)13(16)17/h3-5,7,9H,6,14H2,1-2H3,(H,16,17)/t9-/m1/s1. The molecule has 0 radical (unpaired) electrons. The van der Waals surface area contributed by atoms with Crippen LogP contribution in [0.25, 0.3) is 10.9 Å². The number of hydrogen-bond donors (Lipinski definition) is 2. The molecular formula is C13H16N2O2. The normalized spacial score (nSPS) is 12.9. The molecule has 17 heavy (non-hydrogen) atoms. The number of aromatic nitrogens is 1. The van der Waals surface area contributed by atoms with E-state index in [0.29, 0.717) is 6.42 Å². The third-order valence-corrected chi connectivity index (χ3v) is 2.86. The molecule has 0 bridgehead atoms. The molecule has 0 fully saturated rings. The number of para-hydroxylation sites is 1. The van der Waals surface area contributed by atoms with Crippen molar-refractivity contribution >= 4 is 17.0 Å². The largest absolute Gasteiger partial charge is 0.464 e. The van der Waals surface area contributed by atoms with Gasteiger partial charge in [0.25, 0.3) is 0 Å². The van der Waals surface area contributed by atoms with Crippen molar-refractivity contribution in [3.05, 3.63) is 35.5 Å². The Kier molecular flexibility index (Phi) is 2.90. The molecule has 0 unspecified atom stereocenters. The van der Waals surface area contributed by atoms with Gasteiger partial charge in [0, 0.05) is 17.6 Å². The lowest BCUT2D eigenvalue weighted by Gasteiger charge is -2.03. The summed E-state index contributed by atoms with van der Waals surface area (Å²) in [5.74, 6) is 0. The van der Waals surface area contributed by atoms with Gasteiger partial charge in [0.05, 0.1) is 5.52 Å². The molecule has 1 aromatic heterocycles. The third-order valence-electron chi connectivity index (χ3n) is 2.86. The van der Waals surface area contributed by atoms with Crippen molar-refractivity contribution in [3.8, 4) is 0 Å². The summed E-state index contributed by atoms with van der Waals surface area (Å²) in [5.41, 5.74) is 8.49. The predicted molar refractivity (Wildman–Crippen MR) is 67.5 cm³/mol. The SMILES string of the molecule is Cc1cccc2c(C[C@@H](C)N)cn(C(=O)O)c12. The van der Waals surface area contributed by atoms with Gasteiger partial charge in [0.15, 0.2) is 0 Å². The highest BCUT2D eigenvalue weighted by Gasteiger charge is 2.14. The summed E-state index contributed by atoms with van der Waals surface area (Å²) in [6.07, 6.45) is 1.39. The van der Waals surface area contributed by atoms with Crippen LogP contribution >= 0.6 is 0 Å². The van der Waals surface area contributed by atoms with Gasteiger partial charge in [-0.2, -0.15) is 0 Å². The first-order valence-corrected chi connectivity index (χ1v) is 5.59. The maximum absolute atomic E-state index is 11.2. The maximum Gasteiger partial charge on any atom is 0.416 e. The van der Waals surface area contributed by atoms with Crippen LogP contribution in [0.15, 0.2) is 24.4 Å². The molecule has 0 spiro atoms. The molecule has 2 rings (SSSR count). The minimum Gasteiger partial charge on any atom is -0.464 e. The van der Waals surface area contributed by atoms with Crippen LogP contribution in [0.5, 0.6) is 0 Å². The molecule has 90 valence electrons. The Hall–Kier alpha value is -1.81. The Morgan fingerprint density at radius 3 is 2.82 bits per heavy atom. The lowest BCUT2D eigenvalue weighted by Crippen LogP contribution is -2.17. The molecule has 1 aromatic carbocycles. The average molecular weight is 232 g/mol. The van der Waals surface area contributed by atoms with Crippen molar-refractivity contribution in [3.63, 3.8) is 0 Å². The van der Waals surface area contributed by atoms with E-state index in [4.69, 9.17) is 5.73 Å². The highest BCUT2D eigenvalue weighted by molar-refractivity contribution is 5.93. The summed E-state index contributed by atoms with van der Waals surface area (Å²) in [6, 6.07) is 5.81. The molecule has 0 saturated heterocycles. The van der Waals surface area contributed by atoms with E-state index in [1.807, 2.05) is 32.0 Å². The summed E-state index contributed by atoms with van der Waals surface area (Å²) in [6.45, 7) is 3.83. The lowest BCUT2D eigenvalue weighted by molar-refractivity contribution is 0.197. The first-order chi connectivity index (χ1) is 8.00. The number of nitrogens with zero attached hydrogens (tertiary/aromatic N) is 1. The number of benzene rings is 1. The van der Waals surface area contributed by atoms with Crippen LogP contribution in [0.2, 0.25) is 0 Å². The Bertz CT molecular complexity index is 570. The second-order valence-electron chi connectivity index (χ2n) is 4.46. The fourth-order valence-electron chi connectivity index (χ4n) is 2.19. The summed E-state index contributed by atoms with van der Waals surface area (Å²) < 4.78 is 1.28. The zero-order chi connectivity index (χ0) is 12.6. The summed E-state index contributed by atoms with van der Waals surface area (Å²) >= 11 is 0. The second kappa shape index (κ2) is 4.22. The number of hydrogen-bond acceptors (Lipinski definition) is 2. The zero-order valence-corrected chi connectivity index (χ0v) is 9.97. The van der Waals surface area contributed by atoms with E-state index in [1.165, 1.54) is 4.57 Å². The van der Waals surface area contributed by atoms with Gasteiger partial charge in [-0.25, -0.2) is 4.79 Å². The first kappa shape index (κ1) is 11.7. The van der Waals surface area contributed by atoms with Gasteiger partial charge < -0.3 is 10.8 Å². The van der Waals surface area contributed by atoms with Gasteiger partial charge >= 0.3 is 6.09 Å². The summed E-state index contributed by atoms with van der Waals surface area (Å²) in [7, 11) is 0. The van der Waals surface area contributed by atoms with Crippen molar-refractivity contribution in [2.24, 2.45) is 5.73 Å². The molecule has 0 amide bonds. The molecule has 1 atom stereocenters. The topological polar surface area (TPSA) is 68.2 Å². The molecule has 0 aliphatic heterocycles. The van der Waals surface area contributed by atoms with E-state index in [0.717, 1.165) is 22.0 Å². The van der Waals surface area contributed by atoms with Crippen LogP contribution in [0.3, 0.4) is 0 Å². The van der Waals surface area contributed by atoms with Gasteiger partial charge in [0.2, 0.25) is 0 Å². The van der Waals surface area contributed by atoms with E-state index < -0.39 is 6.09 Å². The highest BCUT2D eigenvalue weighted by atomic mass is 16.4. The number of carboxylic acid groups (broad SMARTS) is 1. The minimum absolute atomic E-state index is 0.0170. The van der Waals surface area contributed by atoms with E-state index >= 15 is 0 Å². The molecule has 3 N–H and O–H groups in total. The van der Waals surface area contributed by atoms with Crippen LogP contribution in [0, 0.1) is 6.92 Å². The molecule has 0 aliphatic rings. The molecule has 4 nitrogen and oxygen atoms in total. The van der Waals surface area contributed by atoms with Gasteiger partial charge in [-0.3, -0.25) is 4.57 Å². The first-order valence-electron chi connectivity index (χ1n) is 5.59. The molecule has 0 saturated carbocycles. The predicted octanol–water partition coefficient (Wildman–Crippen LogP) is 2.37. The quantitative estimate of drug-likeness (QED) is 0.835. The molecule has 4 heteroatoms. The van der Waals surface area contributed by atoms with Gasteiger partial charge in [0.1, 0.15) is 0 Å². The van der Waals surface area contributed by atoms with E-state index in [-0.39, 0.29) is 6.04 Å². The number of fused-ring (bicyclic) bond motifs is 1. The van der Waals surface area contributed by atoms with Crippen molar-refractivity contribution in [1.29, 1.82) is 0 Å². The average Bonchev–Trinajstić information content (AvgIpc) is 2.58. The Morgan fingerprint density at radius 1 is 1.53 bits per heavy atom. The fourth-order valence-corrected chi connectivity index (χ4v) is 2.19. The van der Waals surface area contributed by atoms with Crippen molar-refractivity contribution in [2.75, 3.05) is 0 Å². The van der Waals surface area contributed by atoms with Gasteiger partial charge in [-0.05, 0) is 31.4 Å². The van der Waals surface area contributed by atoms with Gasteiger partial charge in [-0.15, -0.1) is 0 Å². The smallest absolute Gasteiger partial charge is 0.416 e. The van der Waals surface area contributed by atoms with Crippen molar-refractivity contribution in [1.82, 2.24) is 4.57 Å². The molecule has 2 aromatic rings. The number of rotatable bonds is 2. The maximum atomic E-state index is 11.2. The highest BCUT2D eigenvalue weighted by Crippen LogP contribution is 2.25. The van der Waals surface area contributed by atoms with Crippen LogP contribution in [-0.4, -0.2) is 21.8 Å². The van der Waals surface area contributed by atoms with E-state index in [9.17, 15) is 9.90 Å². The van der Waals surface area contributed by atoms with Crippen molar-refractivity contribution in [2.45, 2.75) is 26.3 Å². The fraction of sp³-hybridized carbons (Fsp3) is 0.308. The Morgan fingerprint density at radius 2 is 2.24 bits per heavy atom. The zero-order valence-electron chi connectivity index (χ0n) is 9.97. The Labute approximate surface area is 99.7 Å². The van der Waals surface area contributed by atoms with Crippen LogP contribution in [0.1, 0.15) is 18.1 Å². The number of carbonyl (C=O) groups is 1. The van der Waals surface area contributed by atoms with E-state index in [2.05, 4.69) is 0 Å². The second-order valence-corrected chi connectivity index (χ2v) is 4.46. The number of nitrogens with two attached hydrogens (primary N) is 1. The summed E-state index contributed by atoms with van der Waals surface area (Å²) in [5, 5.41) is 10.2. The summed E-state index contributed by atoms with van der Waals surface area (Å²) in [4.78, 5) is 11.2. The third kappa shape index (κ3) is 2.03. The van der Waals surface area contributed by atoms with Crippen molar-refractivity contribution < 1.29 is 9.90 Å². The lowest BCUT2D eigenvalue weighted by atomic mass is 10.1. The molecule has 1 heterocycles. The van der Waals surface area contributed by atoms with Crippen LogP contribution in [0.4, 0.5) is 4.79 Å². The Balaban J connectivity index is 2.71.